The van der Waals surface area contributed by atoms with Crippen molar-refractivity contribution in [1.82, 2.24) is 5.32 Å². The Kier molecular flexibility index (Phi) is 6.88. The molecule has 144 valence electrons. The summed E-state index contributed by atoms with van der Waals surface area (Å²) in [5, 5.41) is 5.52. The molecule has 4 N–H and O–H groups in total. The van der Waals surface area contributed by atoms with Crippen LogP contribution in [0.5, 0.6) is 0 Å². The van der Waals surface area contributed by atoms with Gasteiger partial charge in [0.15, 0.2) is 0 Å². The first-order chi connectivity index (χ1) is 12.2. The van der Waals surface area contributed by atoms with Crippen molar-refractivity contribution in [2.75, 3.05) is 24.3 Å². The minimum absolute atomic E-state index is 0.0343. The topological polar surface area (TPSA) is 103 Å². The molecule has 1 unspecified atom stereocenters. The van der Waals surface area contributed by atoms with Crippen molar-refractivity contribution >= 4 is 39.3 Å². The molecule has 1 aliphatic heterocycles. The van der Waals surface area contributed by atoms with Gasteiger partial charge in [0.25, 0.3) is 0 Å². The summed E-state index contributed by atoms with van der Waals surface area (Å²) in [6.07, 6.45) is 0.751. The summed E-state index contributed by atoms with van der Waals surface area (Å²) in [5.74, 6) is -0.357. The predicted molar refractivity (Wildman–Crippen MR) is 104 cm³/mol. The summed E-state index contributed by atoms with van der Waals surface area (Å²) in [7, 11) is 0. The summed E-state index contributed by atoms with van der Waals surface area (Å²) in [6, 6.07) is 4.49. The zero-order valence-corrected chi connectivity index (χ0v) is 16.9. The molecular weight excluding hydrogens is 402 g/mol. The van der Waals surface area contributed by atoms with E-state index in [1.165, 1.54) is 0 Å². The molecule has 1 fully saturated rings. The fourth-order valence-electron chi connectivity index (χ4n) is 2.74. The molecule has 26 heavy (non-hydrogen) atoms. The lowest BCUT2D eigenvalue weighted by Gasteiger charge is -2.31. The number of nitrogens with one attached hydrogen (secondary N) is 2. The highest BCUT2D eigenvalue weighted by Gasteiger charge is 2.33. The average molecular weight is 428 g/mol. The lowest BCUT2D eigenvalue weighted by atomic mass is 9.91. The Balaban J connectivity index is 2.13. The van der Waals surface area contributed by atoms with E-state index in [1.807, 2.05) is 0 Å². The van der Waals surface area contributed by atoms with Crippen LogP contribution >= 0.6 is 15.9 Å². The molecule has 2 amide bonds. The molecule has 1 atom stereocenters. The Morgan fingerprint density at radius 2 is 1.96 bits per heavy atom. The number of nitrogens with two attached hydrogens (primary N) is 1. The first kappa shape index (κ1) is 20.5. The van der Waals surface area contributed by atoms with E-state index in [2.05, 4.69) is 26.6 Å². The largest absolute Gasteiger partial charge is 0.444 e. The third kappa shape index (κ3) is 6.17. The number of benzene rings is 1. The number of hydrogen-bond donors (Lipinski definition) is 3. The highest BCUT2D eigenvalue weighted by molar-refractivity contribution is 9.10. The van der Waals surface area contributed by atoms with E-state index in [9.17, 15) is 9.59 Å². The quantitative estimate of drug-likeness (QED) is 0.639. The van der Waals surface area contributed by atoms with Gasteiger partial charge < -0.3 is 25.8 Å². The molecule has 1 saturated heterocycles. The molecule has 7 nitrogen and oxygen atoms in total. The number of nitrogen functional groups attached to an aromatic ring is 1. The van der Waals surface area contributed by atoms with Crippen molar-refractivity contribution in [3.05, 3.63) is 22.7 Å². The van der Waals surface area contributed by atoms with Crippen molar-refractivity contribution in [1.29, 1.82) is 0 Å². The van der Waals surface area contributed by atoms with E-state index >= 15 is 0 Å². The molecular formula is C18H26BrN3O4. The van der Waals surface area contributed by atoms with E-state index in [-0.39, 0.29) is 11.8 Å². The smallest absolute Gasteiger partial charge is 0.408 e. The third-order valence-corrected chi connectivity index (χ3v) is 4.46. The maximum atomic E-state index is 12.9. The molecule has 1 aliphatic rings. The monoisotopic (exact) mass is 427 g/mol. The molecule has 1 aromatic carbocycles. The SMILES string of the molecule is CC(C)(C)OC(=O)NC(C(=O)Nc1ccc(Br)cc1N)C1CCOCC1. The second-order valence-corrected chi connectivity index (χ2v) is 8.21. The Morgan fingerprint density at radius 1 is 1.31 bits per heavy atom. The van der Waals surface area contributed by atoms with Gasteiger partial charge in [-0.15, -0.1) is 0 Å². The first-order valence-corrected chi connectivity index (χ1v) is 9.38. The Bertz CT molecular complexity index is 654. The number of ether oxygens (including phenoxy) is 2. The van der Waals surface area contributed by atoms with E-state index in [0.29, 0.717) is 37.4 Å². The Hall–Kier alpha value is -1.80. The van der Waals surface area contributed by atoms with Crippen LogP contribution in [0, 0.1) is 5.92 Å². The molecule has 2 rings (SSSR count). The number of amides is 2. The van der Waals surface area contributed by atoms with Gasteiger partial charge in [-0.05, 0) is 57.7 Å². The van der Waals surface area contributed by atoms with Crippen LogP contribution in [0.4, 0.5) is 16.2 Å². The summed E-state index contributed by atoms with van der Waals surface area (Å²) in [6.45, 7) is 6.45. The summed E-state index contributed by atoms with van der Waals surface area (Å²) in [5.41, 5.74) is 6.26. The average Bonchev–Trinajstić information content (AvgIpc) is 2.54. The van der Waals surface area contributed by atoms with Crippen molar-refractivity contribution in [2.24, 2.45) is 5.92 Å². The summed E-state index contributed by atoms with van der Waals surface area (Å²) >= 11 is 3.33. The van der Waals surface area contributed by atoms with Gasteiger partial charge in [0.2, 0.25) is 5.91 Å². The van der Waals surface area contributed by atoms with Gasteiger partial charge in [-0.2, -0.15) is 0 Å². The minimum Gasteiger partial charge on any atom is -0.444 e. The number of halogens is 1. The Labute approximate surface area is 162 Å². The van der Waals surface area contributed by atoms with Crippen LogP contribution in [0.2, 0.25) is 0 Å². The molecule has 0 aliphatic carbocycles. The standard InChI is InChI=1S/C18H26BrN3O4/c1-18(2,3)26-17(24)22-15(11-6-8-25-9-7-11)16(23)21-14-5-4-12(19)10-13(14)20/h4-5,10-11,15H,6-9,20H2,1-3H3,(H,21,23)(H,22,24). The summed E-state index contributed by atoms with van der Waals surface area (Å²) in [4.78, 5) is 25.1. The molecule has 0 bridgehead atoms. The fourth-order valence-corrected chi connectivity index (χ4v) is 3.12. The fraction of sp³-hybridized carbons (Fsp3) is 0.556. The highest BCUT2D eigenvalue weighted by Crippen LogP contribution is 2.25. The van der Waals surface area contributed by atoms with Crippen LogP contribution < -0.4 is 16.4 Å². The van der Waals surface area contributed by atoms with Gasteiger partial charge >= 0.3 is 6.09 Å². The zero-order chi connectivity index (χ0) is 19.3. The number of rotatable bonds is 4. The van der Waals surface area contributed by atoms with Crippen molar-refractivity contribution in [2.45, 2.75) is 45.3 Å². The van der Waals surface area contributed by atoms with E-state index in [0.717, 1.165) is 4.47 Å². The number of alkyl carbamates (subject to hydrolysis) is 1. The van der Waals surface area contributed by atoms with Gasteiger partial charge in [0.1, 0.15) is 11.6 Å². The predicted octanol–water partition coefficient (Wildman–Crippen LogP) is 3.29. The van der Waals surface area contributed by atoms with Crippen molar-refractivity contribution in [3.63, 3.8) is 0 Å². The molecule has 1 aromatic rings. The maximum absolute atomic E-state index is 12.9. The lowest BCUT2D eigenvalue weighted by molar-refractivity contribution is -0.120. The van der Waals surface area contributed by atoms with Gasteiger partial charge in [0, 0.05) is 17.7 Å². The molecule has 8 heteroatoms. The van der Waals surface area contributed by atoms with E-state index in [4.69, 9.17) is 15.2 Å². The molecule has 1 heterocycles. The zero-order valence-electron chi connectivity index (χ0n) is 15.3. The number of anilines is 2. The van der Waals surface area contributed by atoms with Crippen molar-refractivity contribution in [3.8, 4) is 0 Å². The van der Waals surface area contributed by atoms with Crippen molar-refractivity contribution < 1.29 is 19.1 Å². The molecule has 0 aromatic heterocycles. The van der Waals surface area contributed by atoms with Gasteiger partial charge in [-0.25, -0.2) is 4.79 Å². The molecule has 0 spiro atoms. The van der Waals surface area contributed by atoms with Crippen LogP contribution in [0.15, 0.2) is 22.7 Å². The minimum atomic E-state index is -0.725. The Morgan fingerprint density at radius 3 is 2.54 bits per heavy atom. The van der Waals surface area contributed by atoms with Gasteiger partial charge in [-0.1, -0.05) is 15.9 Å². The van der Waals surface area contributed by atoms with Crippen LogP contribution in [-0.2, 0) is 14.3 Å². The molecule has 0 radical (unpaired) electrons. The van der Waals surface area contributed by atoms with Gasteiger partial charge in [0.05, 0.1) is 11.4 Å². The number of carbonyl (C=O) groups excluding carboxylic acids is 2. The highest BCUT2D eigenvalue weighted by atomic mass is 79.9. The normalized spacial score (nSPS) is 16.6. The van der Waals surface area contributed by atoms with E-state index < -0.39 is 17.7 Å². The second kappa shape index (κ2) is 8.73. The first-order valence-electron chi connectivity index (χ1n) is 8.59. The van der Waals surface area contributed by atoms with Crippen LogP contribution in [-0.4, -0.2) is 36.9 Å². The lowest BCUT2D eigenvalue weighted by Crippen LogP contribution is -2.51. The van der Waals surface area contributed by atoms with Gasteiger partial charge in [-0.3, -0.25) is 4.79 Å². The maximum Gasteiger partial charge on any atom is 0.408 e. The number of carbonyl (C=O) groups is 2. The van der Waals surface area contributed by atoms with E-state index in [1.54, 1.807) is 39.0 Å². The third-order valence-electron chi connectivity index (χ3n) is 3.96. The van der Waals surface area contributed by atoms with Crippen LogP contribution in [0.25, 0.3) is 0 Å². The van der Waals surface area contributed by atoms with Crippen LogP contribution in [0.1, 0.15) is 33.6 Å². The number of hydrogen-bond acceptors (Lipinski definition) is 5. The van der Waals surface area contributed by atoms with Crippen LogP contribution in [0.3, 0.4) is 0 Å². The summed E-state index contributed by atoms with van der Waals surface area (Å²) < 4.78 is 11.5. The molecule has 0 saturated carbocycles. The second-order valence-electron chi connectivity index (χ2n) is 7.29.